The van der Waals surface area contributed by atoms with Gasteiger partial charge in [-0.15, -0.1) is 22.7 Å². The summed E-state index contributed by atoms with van der Waals surface area (Å²) in [7, 11) is 0. The Morgan fingerprint density at radius 2 is 2.07 bits per heavy atom. The highest BCUT2D eigenvalue weighted by molar-refractivity contribution is 7.11. The van der Waals surface area contributed by atoms with Gasteiger partial charge in [-0.1, -0.05) is 6.07 Å². The van der Waals surface area contributed by atoms with E-state index < -0.39 is 6.04 Å². The van der Waals surface area contributed by atoms with Gasteiger partial charge >= 0.3 is 0 Å². The number of carbonyl (C=O) groups is 2. The predicted molar refractivity (Wildman–Crippen MR) is 119 cm³/mol. The van der Waals surface area contributed by atoms with Gasteiger partial charge in [0, 0.05) is 60.3 Å². The number of aryl methyl sites for hydroxylation is 1. The molecule has 0 radical (unpaired) electrons. The number of rotatable bonds is 8. The number of carbonyl (C=O) groups excluding carboxylic acids is 2. The van der Waals surface area contributed by atoms with Crippen LogP contribution in [0.2, 0.25) is 0 Å². The van der Waals surface area contributed by atoms with Crippen LogP contribution in [0.4, 0.5) is 0 Å². The smallest absolute Gasteiger partial charge is 0.242 e. The Labute approximate surface area is 180 Å². The highest BCUT2D eigenvalue weighted by Crippen LogP contribution is 2.28. The average molecular weight is 435 g/mol. The summed E-state index contributed by atoms with van der Waals surface area (Å²) >= 11 is 3.58. The molecule has 0 aliphatic carbocycles. The molecule has 0 spiro atoms. The maximum absolute atomic E-state index is 12.7. The van der Waals surface area contributed by atoms with E-state index in [1.165, 1.54) is 14.6 Å². The molecule has 29 heavy (non-hydrogen) atoms. The topological polar surface area (TPSA) is 78.7 Å². The Morgan fingerprint density at radius 1 is 1.28 bits per heavy atom. The standard InChI is InChI=1S/C21H30N4O2S2/c1-15-5-6-19(29-15)14-24(13-18-4-3-11-28-18)17-7-10-25(16(2)26)20(12-17)21(27)23-9-8-22/h3-6,11,17,20H,7-10,12-14,22H2,1-2H3,(H,23,27)/t17?,20-/m1/s1. The Hall–Kier alpha value is -1.74. The third kappa shape index (κ3) is 5.88. The van der Waals surface area contributed by atoms with Crippen LogP contribution in [0.5, 0.6) is 0 Å². The maximum Gasteiger partial charge on any atom is 0.242 e. The van der Waals surface area contributed by atoms with Gasteiger partial charge in [0.1, 0.15) is 6.04 Å². The van der Waals surface area contributed by atoms with Crippen LogP contribution >= 0.6 is 22.7 Å². The molecule has 2 amide bonds. The summed E-state index contributed by atoms with van der Waals surface area (Å²) in [4.78, 5) is 33.0. The van der Waals surface area contributed by atoms with Crippen molar-refractivity contribution in [3.63, 3.8) is 0 Å². The van der Waals surface area contributed by atoms with Gasteiger partial charge in [0.15, 0.2) is 0 Å². The van der Waals surface area contributed by atoms with E-state index in [1.807, 2.05) is 11.3 Å². The van der Waals surface area contributed by atoms with Crippen molar-refractivity contribution in [3.05, 3.63) is 44.3 Å². The number of hydrogen-bond donors (Lipinski definition) is 2. The molecule has 1 fully saturated rings. The summed E-state index contributed by atoms with van der Waals surface area (Å²) in [6, 6.07) is 8.39. The van der Waals surface area contributed by atoms with E-state index in [-0.39, 0.29) is 17.9 Å². The minimum absolute atomic E-state index is 0.0463. The van der Waals surface area contributed by atoms with Gasteiger partial charge in [-0.2, -0.15) is 0 Å². The second-order valence-corrected chi connectivity index (χ2v) is 9.89. The number of nitrogens with one attached hydrogen (secondary N) is 1. The monoisotopic (exact) mass is 434 g/mol. The van der Waals surface area contributed by atoms with Crippen LogP contribution < -0.4 is 11.1 Å². The molecule has 2 atom stereocenters. The Kier molecular flexibility index (Phi) is 7.83. The first-order valence-electron chi connectivity index (χ1n) is 10.0. The van der Waals surface area contributed by atoms with Gasteiger partial charge in [-0.3, -0.25) is 14.5 Å². The van der Waals surface area contributed by atoms with E-state index in [1.54, 1.807) is 23.2 Å². The van der Waals surface area contributed by atoms with Gasteiger partial charge in [0.05, 0.1) is 0 Å². The van der Waals surface area contributed by atoms with Crippen molar-refractivity contribution in [2.45, 2.75) is 51.9 Å². The molecule has 0 saturated carbocycles. The third-order valence-corrected chi connectivity index (χ3v) is 7.18. The van der Waals surface area contributed by atoms with Crippen LogP contribution in [-0.4, -0.2) is 53.3 Å². The van der Waals surface area contributed by atoms with E-state index in [0.717, 1.165) is 19.5 Å². The molecule has 1 aliphatic rings. The van der Waals surface area contributed by atoms with Gasteiger partial charge in [0.2, 0.25) is 11.8 Å². The lowest BCUT2D eigenvalue weighted by Crippen LogP contribution is -2.57. The van der Waals surface area contributed by atoms with E-state index >= 15 is 0 Å². The van der Waals surface area contributed by atoms with Crippen LogP contribution in [0, 0.1) is 6.92 Å². The molecule has 6 nitrogen and oxygen atoms in total. The minimum atomic E-state index is -0.436. The molecule has 0 bridgehead atoms. The van der Waals surface area contributed by atoms with E-state index in [2.05, 4.69) is 46.8 Å². The highest BCUT2D eigenvalue weighted by Gasteiger charge is 2.37. The number of piperidine rings is 1. The van der Waals surface area contributed by atoms with Crippen molar-refractivity contribution in [1.82, 2.24) is 15.1 Å². The van der Waals surface area contributed by atoms with Gasteiger partial charge in [0.25, 0.3) is 0 Å². The van der Waals surface area contributed by atoms with Crippen LogP contribution in [0.15, 0.2) is 29.6 Å². The fraction of sp³-hybridized carbons (Fsp3) is 0.524. The van der Waals surface area contributed by atoms with Crippen molar-refractivity contribution < 1.29 is 9.59 Å². The number of hydrogen-bond acceptors (Lipinski definition) is 6. The SMILES string of the molecule is CC(=O)N1CCC(N(Cc2cccs2)Cc2ccc(C)s2)C[C@@H]1C(=O)NCCN. The van der Waals surface area contributed by atoms with E-state index in [0.29, 0.717) is 26.1 Å². The molecule has 1 unspecified atom stereocenters. The molecule has 2 aromatic rings. The van der Waals surface area contributed by atoms with Crippen molar-refractivity contribution in [3.8, 4) is 0 Å². The molecular weight excluding hydrogens is 404 g/mol. The number of nitrogens with two attached hydrogens (primary N) is 1. The van der Waals surface area contributed by atoms with Crippen molar-refractivity contribution >= 4 is 34.5 Å². The Morgan fingerprint density at radius 3 is 2.69 bits per heavy atom. The molecule has 1 aliphatic heterocycles. The summed E-state index contributed by atoms with van der Waals surface area (Å²) < 4.78 is 0. The molecule has 3 N–H and O–H groups in total. The van der Waals surface area contributed by atoms with Crippen molar-refractivity contribution in [2.24, 2.45) is 5.73 Å². The largest absolute Gasteiger partial charge is 0.353 e. The zero-order valence-corrected chi connectivity index (χ0v) is 18.7. The van der Waals surface area contributed by atoms with E-state index in [9.17, 15) is 9.59 Å². The van der Waals surface area contributed by atoms with Crippen LogP contribution in [-0.2, 0) is 22.7 Å². The van der Waals surface area contributed by atoms with Gasteiger partial charge in [-0.25, -0.2) is 0 Å². The lowest BCUT2D eigenvalue weighted by Gasteiger charge is -2.42. The van der Waals surface area contributed by atoms with Crippen molar-refractivity contribution in [2.75, 3.05) is 19.6 Å². The maximum atomic E-state index is 12.7. The fourth-order valence-corrected chi connectivity index (χ4v) is 5.55. The molecular formula is C21H30N4O2S2. The number of amides is 2. The zero-order valence-electron chi connectivity index (χ0n) is 17.1. The Bertz CT molecular complexity index is 805. The third-order valence-electron chi connectivity index (χ3n) is 5.34. The molecule has 3 heterocycles. The Balaban J connectivity index is 1.78. The minimum Gasteiger partial charge on any atom is -0.353 e. The van der Waals surface area contributed by atoms with Crippen LogP contribution in [0.3, 0.4) is 0 Å². The molecule has 158 valence electrons. The van der Waals surface area contributed by atoms with Gasteiger partial charge < -0.3 is 16.0 Å². The predicted octanol–water partition coefficient (Wildman–Crippen LogP) is 2.57. The molecule has 1 saturated heterocycles. The first-order valence-corrected chi connectivity index (χ1v) is 11.7. The van der Waals surface area contributed by atoms with Crippen LogP contribution in [0.1, 0.15) is 34.4 Å². The highest BCUT2D eigenvalue weighted by atomic mass is 32.1. The summed E-state index contributed by atoms with van der Waals surface area (Å²) in [6.07, 6.45) is 1.52. The zero-order chi connectivity index (χ0) is 20.8. The van der Waals surface area contributed by atoms with Crippen LogP contribution in [0.25, 0.3) is 0 Å². The first-order chi connectivity index (χ1) is 14.0. The average Bonchev–Trinajstić information content (AvgIpc) is 3.36. The molecule has 3 rings (SSSR count). The van der Waals surface area contributed by atoms with Gasteiger partial charge in [-0.05, 0) is 43.3 Å². The second-order valence-electron chi connectivity index (χ2n) is 7.48. The van der Waals surface area contributed by atoms with E-state index in [4.69, 9.17) is 5.73 Å². The van der Waals surface area contributed by atoms with Crippen molar-refractivity contribution in [1.29, 1.82) is 0 Å². The number of nitrogens with zero attached hydrogens (tertiary/aromatic N) is 2. The summed E-state index contributed by atoms with van der Waals surface area (Å²) in [6.45, 7) is 6.81. The normalized spacial score (nSPS) is 19.5. The fourth-order valence-electron chi connectivity index (χ4n) is 3.90. The summed E-state index contributed by atoms with van der Waals surface area (Å²) in [5.74, 6) is -0.145. The summed E-state index contributed by atoms with van der Waals surface area (Å²) in [5, 5.41) is 4.97. The first kappa shape index (κ1) is 22.0. The quantitative estimate of drug-likeness (QED) is 0.669. The molecule has 8 heteroatoms. The lowest BCUT2D eigenvalue weighted by molar-refractivity contribution is -0.142. The molecule has 0 aromatic carbocycles. The lowest BCUT2D eigenvalue weighted by atomic mass is 9.94. The second kappa shape index (κ2) is 10.3. The number of likely N-dealkylation sites (tertiary alicyclic amines) is 1. The summed E-state index contributed by atoms with van der Waals surface area (Å²) in [5.41, 5.74) is 5.54. The number of thiophene rings is 2. The molecule has 2 aromatic heterocycles.